The second-order valence-electron chi connectivity index (χ2n) is 4.12. The lowest BCUT2D eigenvalue weighted by molar-refractivity contribution is 1.13. The first-order chi connectivity index (χ1) is 8.83. The van der Waals surface area contributed by atoms with E-state index in [-0.39, 0.29) is 0 Å². The van der Waals surface area contributed by atoms with Crippen molar-refractivity contribution in [2.45, 2.75) is 25.2 Å². The minimum absolute atomic E-state index is 1.10. The van der Waals surface area contributed by atoms with Crippen molar-refractivity contribution < 1.29 is 0 Å². The monoisotopic (exact) mass is 254 g/mol. The highest BCUT2D eigenvalue weighted by Crippen LogP contribution is 2.34. The smallest absolute Gasteiger partial charge is 0.0152 e. The number of hydrogen-bond acceptors (Lipinski definition) is 1. The van der Waals surface area contributed by atoms with E-state index < -0.39 is 0 Å². The van der Waals surface area contributed by atoms with E-state index in [2.05, 4.69) is 74.5 Å². The minimum atomic E-state index is 1.10. The van der Waals surface area contributed by atoms with Crippen LogP contribution in [-0.4, -0.2) is 0 Å². The molecule has 2 aromatic rings. The lowest BCUT2D eigenvalue weighted by Crippen LogP contribution is -1.81. The fourth-order valence-electron chi connectivity index (χ4n) is 1.81. The van der Waals surface area contributed by atoms with Gasteiger partial charge in [-0.05, 0) is 36.6 Å². The van der Waals surface area contributed by atoms with Gasteiger partial charge in [0.25, 0.3) is 0 Å². The Kier molecular flexibility index (Phi) is 4.66. The van der Waals surface area contributed by atoms with Crippen molar-refractivity contribution in [2.24, 2.45) is 0 Å². The SMILES string of the molecule is C/C=C(\Sc1ccc(CC)cc1)c1ccccc1. The zero-order valence-corrected chi connectivity index (χ0v) is 11.7. The number of hydrogen-bond donors (Lipinski definition) is 0. The normalized spacial score (nSPS) is 11.6. The first-order valence-electron chi connectivity index (χ1n) is 6.32. The summed E-state index contributed by atoms with van der Waals surface area (Å²) in [6.45, 7) is 4.28. The highest BCUT2D eigenvalue weighted by atomic mass is 32.2. The Morgan fingerprint density at radius 1 is 1.00 bits per heavy atom. The van der Waals surface area contributed by atoms with E-state index >= 15 is 0 Å². The van der Waals surface area contributed by atoms with Gasteiger partial charge in [-0.3, -0.25) is 0 Å². The molecule has 0 bridgehead atoms. The standard InChI is InChI=1S/C17H18S/c1-3-14-10-12-16(13-11-14)18-17(4-2)15-8-6-5-7-9-15/h4-13H,3H2,1-2H3/b17-4-. The van der Waals surface area contributed by atoms with Crippen LogP contribution in [0.3, 0.4) is 0 Å². The Balaban J connectivity index is 2.16. The van der Waals surface area contributed by atoms with Crippen LogP contribution >= 0.6 is 11.8 Å². The van der Waals surface area contributed by atoms with Gasteiger partial charge >= 0.3 is 0 Å². The summed E-state index contributed by atoms with van der Waals surface area (Å²) in [5.41, 5.74) is 2.67. The maximum Gasteiger partial charge on any atom is 0.0152 e. The van der Waals surface area contributed by atoms with Crippen LogP contribution in [0, 0.1) is 0 Å². The van der Waals surface area contributed by atoms with Gasteiger partial charge < -0.3 is 0 Å². The number of allylic oxidation sites excluding steroid dienone is 1. The number of rotatable bonds is 4. The van der Waals surface area contributed by atoms with Crippen LogP contribution in [0.4, 0.5) is 0 Å². The minimum Gasteiger partial charge on any atom is -0.0898 e. The molecule has 0 aliphatic heterocycles. The van der Waals surface area contributed by atoms with Gasteiger partial charge in [0.05, 0.1) is 0 Å². The zero-order valence-electron chi connectivity index (χ0n) is 10.9. The summed E-state index contributed by atoms with van der Waals surface area (Å²) in [4.78, 5) is 2.60. The van der Waals surface area contributed by atoms with E-state index in [1.165, 1.54) is 20.9 Å². The molecule has 0 heterocycles. The van der Waals surface area contributed by atoms with Crippen molar-refractivity contribution in [2.75, 3.05) is 0 Å². The van der Waals surface area contributed by atoms with Crippen LogP contribution in [0.5, 0.6) is 0 Å². The molecule has 1 heteroatoms. The first-order valence-corrected chi connectivity index (χ1v) is 7.13. The molecule has 0 saturated carbocycles. The molecule has 0 aliphatic rings. The van der Waals surface area contributed by atoms with E-state index in [0.717, 1.165) is 6.42 Å². The van der Waals surface area contributed by atoms with Crippen molar-refractivity contribution in [3.63, 3.8) is 0 Å². The van der Waals surface area contributed by atoms with Gasteiger partial charge in [-0.15, -0.1) is 0 Å². The van der Waals surface area contributed by atoms with E-state index in [4.69, 9.17) is 0 Å². The largest absolute Gasteiger partial charge is 0.0898 e. The Hall–Kier alpha value is -1.47. The molecule has 0 nitrogen and oxygen atoms in total. The topological polar surface area (TPSA) is 0 Å². The third-order valence-corrected chi connectivity index (χ3v) is 4.08. The molecule has 0 aromatic heterocycles. The van der Waals surface area contributed by atoms with Crippen molar-refractivity contribution in [3.8, 4) is 0 Å². The fraction of sp³-hybridized carbons (Fsp3) is 0.176. The molecule has 0 fully saturated rings. The van der Waals surface area contributed by atoms with Gasteiger partial charge in [-0.2, -0.15) is 0 Å². The summed E-state index contributed by atoms with van der Waals surface area (Å²) < 4.78 is 0. The molecule has 0 spiro atoms. The van der Waals surface area contributed by atoms with Gasteiger partial charge in [0, 0.05) is 9.80 Å². The molecule has 18 heavy (non-hydrogen) atoms. The fourth-order valence-corrected chi connectivity index (χ4v) is 2.70. The number of benzene rings is 2. The Morgan fingerprint density at radius 2 is 1.67 bits per heavy atom. The molecule has 2 rings (SSSR count). The van der Waals surface area contributed by atoms with Gasteiger partial charge in [0.2, 0.25) is 0 Å². The van der Waals surface area contributed by atoms with Crippen LogP contribution in [0.2, 0.25) is 0 Å². The molecule has 0 amide bonds. The molecule has 2 aromatic carbocycles. The summed E-state index contributed by atoms with van der Waals surface area (Å²) in [6, 6.07) is 19.4. The van der Waals surface area contributed by atoms with Crippen molar-refractivity contribution in [3.05, 3.63) is 71.8 Å². The lowest BCUT2D eigenvalue weighted by atomic mass is 10.2. The number of aryl methyl sites for hydroxylation is 1. The quantitative estimate of drug-likeness (QED) is 0.658. The predicted octanol–water partition coefficient (Wildman–Crippen LogP) is 5.40. The van der Waals surface area contributed by atoms with Crippen molar-refractivity contribution in [1.82, 2.24) is 0 Å². The first kappa shape index (κ1) is 13.0. The second-order valence-corrected chi connectivity index (χ2v) is 5.23. The third kappa shape index (κ3) is 3.27. The van der Waals surface area contributed by atoms with E-state index in [9.17, 15) is 0 Å². The molecule has 92 valence electrons. The maximum absolute atomic E-state index is 2.21. The van der Waals surface area contributed by atoms with Crippen molar-refractivity contribution in [1.29, 1.82) is 0 Å². The zero-order chi connectivity index (χ0) is 12.8. The molecule has 0 aliphatic carbocycles. The Bertz CT molecular complexity index is 509. The summed E-state index contributed by atoms with van der Waals surface area (Å²) in [7, 11) is 0. The predicted molar refractivity (Wildman–Crippen MR) is 81.8 cm³/mol. The summed E-state index contributed by atoms with van der Waals surface area (Å²) in [5, 5.41) is 0. The second kappa shape index (κ2) is 6.46. The van der Waals surface area contributed by atoms with Gasteiger partial charge in [-0.25, -0.2) is 0 Å². The van der Waals surface area contributed by atoms with E-state index in [1.54, 1.807) is 0 Å². The lowest BCUT2D eigenvalue weighted by Gasteiger charge is -2.07. The van der Waals surface area contributed by atoms with Gasteiger partial charge in [0.15, 0.2) is 0 Å². The van der Waals surface area contributed by atoms with Crippen LogP contribution in [-0.2, 0) is 6.42 Å². The highest BCUT2D eigenvalue weighted by molar-refractivity contribution is 8.08. The van der Waals surface area contributed by atoms with Gasteiger partial charge in [0.1, 0.15) is 0 Å². The Labute approximate surface area is 114 Å². The number of thioether (sulfide) groups is 1. The highest BCUT2D eigenvalue weighted by Gasteiger charge is 2.02. The summed E-state index contributed by atoms with van der Waals surface area (Å²) in [6.07, 6.45) is 3.27. The van der Waals surface area contributed by atoms with E-state index in [0.29, 0.717) is 0 Å². The van der Waals surface area contributed by atoms with Crippen LogP contribution in [0.25, 0.3) is 4.91 Å². The molecular weight excluding hydrogens is 236 g/mol. The Morgan fingerprint density at radius 3 is 2.22 bits per heavy atom. The van der Waals surface area contributed by atoms with Crippen LogP contribution in [0.15, 0.2) is 65.6 Å². The van der Waals surface area contributed by atoms with Gasteiger partial charge in [-0.1, -0.05) is 67.2 Å². The third-order valence-electron chi connectivity index (χ3n) is 2.88. The molecule has 0 radical (unpaired) electrons. The molecule has 0 unspecified atom stereocenters. The molecule has 0 atom stereocenters. The average Bonchev–Trinajstić information content (AvgIpc) is 2.46. The van der Waals surface area contributed by atoms with Crippen LogP contribution < -0.4 is 0 Å². The summed E-state index contributed by atoms with van der Waals surface area (Å²) in [5.74, 6) is 0. The average molecular weight is 254 g/mol. The summed E-state index contributed by atoms with van der Waals surface area (Å²) >= 11 is 1.82. The van der Waals surface area contributed by atoms with E-state index in [1.807, 2.05) is 11.8 Å². The molecular formula is C17H18S. The molecule has 0 N–H and O–H groups in total. The molecule has 0 saturated heterocycles. The van der Waals surface area contributed by atoms with Crippen molar-refractivity contribution >= 4 is 16.7 Å². The maximum atomic E-state index is 2.21. The van der Waals surface area contributed by atoms with Crippen LogP contribution in [0.1, 0.15) is 25.0 Å².